The number of hydrogen-bond donors (Lipinski definition) is 1. The summed E-state index contributed by atoms with van der Waals surface area (Å²) in [6.07, 6.45) is -1.81. The highest BCUT2D eigenvalue weighted by molar-refractivity contribution is 5.69. The van der Waals surface area contributed by atoms with Crippen LogP contribution in [0.15, 0.2) is 0 Å². The normalized spacial score (nSPS) is 25.5. The van der Waals surface area contributed by atoms with Gasteiger partial charge in [0.15, 0.2) is 6.29 Å². The molecule has 0 radical (unpaired) electrons. The van der Waals surface area contributed by atoms with Gasteiger partial charge in [-0.05, 0) is 27.2 Å². The van der Waals surface area contributed by atoms with Crippen molar-refractivity contribution in [3.8, 4) is 0 Å². The van der Waals surface area contributed by atoms with Crippen molar-refractivity contribution < 1.29 is 23.8 Å². The number of alkyl halides is 1. The molecule has 0 bridgehead atoms. The van der Waals surface area contributed by atoms with Gasteiger partial charge >= 0.3 is 6.09 Å². The summed E-state index contributed by atoms with van der Waals surface area (Å²) in [5, 5.41) is 9.34. The third kappa shape index (κ3) is 5.32. The molecular formula is C13H24FNO4. The Bertz CT molecular complexity index is 306. The Kier molecular flexibility index (Phi) is 5.55. The number of halogens is 1. The van der Waals surface area contributed by atoms with Crippen LogP contribution in [0.5, 0.6) is 0 Å². The van der Waals surface area contributed by atoms with Gasteiger partial charge in [-0.3, -0.25) is 4.90 Å². The minimum absolute atomic E-state index is 0.0190. The Hall–Kier alpha value is -0.880. The Labute approximate surface area is 113 Å². The molecule has 1 aliphatic heterocycles. The minimum Gasteiger partial charge on any atom is -0.444 e. The molecule has 0 aliphatic carbocycles. The van der Waals surface area contributed by atoms with Gasteiger partial charge in [0.1, 0.15) is 11.8 Å². The van der Waals surface area contributed by atoms with Gasteiger partial charge in [0.2, 0.25) is 0 Å². The quantitative estimate of drug-likeness (QED) is 0.799. The molecular weight excluding hydrogens is 253 g/mol. The van der Waals surface area contributed by atoms with Crippen molar-refractivity contribution in [1.29, 1.82) is 0 Å². The standard InChI is InChI=1S/C13H24FNO4/c1-5-11(16)18-8-10-6-9(14)7-15(10)12(17)19-13(2,3)4/h9-11,16H,5-8H2,1-4H3/t9-,10-,11?/m0/s1. The number of hydrogen-bond acceptors (Lipinski definition) is 4. The molecule has 0 aromatic heterocycles. The summed E-state index contributed by atoms with van der Waals surface area (Å²) in [5.41, 5.74) is -0.611. The lowest BCUT2D eigenvalue weighted by Gasteiger charge is -2.28. The van der Waals surface area contributed by atoms with Crippen molar-refractivity contribution in [3.63, 3.8) is 0 Å². The van der Waals surface area contributed by atoms with E-state index in [1.54, 1.807) is 27.7 Å². The van der Waals surface area contributed by atoms with E-state index in [2.05, 4.69) is 0 Å². The van der Waals surface area contributed by atoms with E-state index in [0.717, 1.165) is 0 Å². The first-order chi connectivity index (χ1) is 8.73. The molecule has 1 fully saturated rings. The Morgan fingerprint density at radius 3 is 2.68 bits per heavy atom. The summed E-state index contributed by atoms with van der Waals surface area (Å²) in [5.74, 6) is 0. The molecule has 1 aliphatic rings. The van der Waals surface area contributed by atoms with Crippen LogP contribution in [0.3, 0.4) is 0 Å². The molecule has 19 heavy (non-hydrogen) atoms. The van der Waals surface area contributed by atoms with Gasteiger partial charge in [-0.2, -0.15) is 0 Å². The maximum atomic E-state index is 13.5. The van der Waals surface area contributed by atoms with Crippen molar-refractivity contribution in [2.45, 2.75) is 64.6 Å². The maximum absolute atomic E-state index is 13.5. The van der Waals surface area contributed by atoms with Crippen molar-refractivity contribution in [3.05, 3.63) is 0 Å². The average molecular weight is 277 g/mol. The summed E-state index contributed by atoms with van der Waals surface area (Å²) in [7, 11) is 0. The number of aliphatic hydroxyl groups is 1. The van der Waals surface area contributed by atoms with Gasteiger partial charge in [-0.15, -0.1) is 0 Å². The zero-order chi connectivity index (χ0) is 14.6. The van der Waals surface area contributed by atoms with E-state index in [1.807, 2.05) is 0 Å². The minimum atomic E-state index is -1.07. The van der Waals surface area contributed by atoms with E-state index in [1.165, 1.54) is 4.90 Å². The number of carbonyl (C=O) groups is 1. The highest BCUT2D eigenvalue weighted by Gasteiger charge is 2.38. The summed E-state index contributed by atoms with van der Waals surface area (Å²) in [6.45, 7) is 7.21. The highest BCUT2D eigenvalue weighted by Crippen LogP contribution is 2.23. The number of ether oxygens (including phenoxy) is 2. The van der Waals surface area contributed by atoms with Crippen molar-refractivity contribution in [2.75, 3.05) is 13.2 Å². The van der Waals surface area contributed by atoms with Gasteiger partial charge in [0.05, 0.1) is 19.2 Å². The fourth-order valence-corrected chi connectivity index (χ4v) is 1.90. The molecule has 1 heterocycles. The Morgan fingerprint density at radius 2 is 2.16 bits per heavy atom. The maximum Gasteiger partial charge on any atom is 0.410 e. The van der Waals surface area contributed by atoms with Gasteiger partial charge < -0.3 is 14.6 Å². The van der Waals surface area contributed by atoms with Crippen LogP contribution in [-0.4, -0.2) is 53.4 Å². The van der Waals surface area contributed by atoms with Gasteiger partial charge in [0, 0.05) is 6.42 Å². The number of amides is 1. The third-order valence-corrected chi connectivity index (χ3v) is 2.82. The Balaban J connectivity index is 2.56. The summed E-state index contributed by atoms with van der Waals surface area (Å²) in [4.78, 5) is 13.3. The molecule has 1 rings (SSSR count). The summed E-state index contributed by atoms with van der Waals surface area (Å²) in [6, 6.07) is -0.383. The fourth-order valence-electron chi connectivity index (χ4n) is 1.90. The predicted octanol–water partition coefficient (Wildman–Crippen LogP) is 2.08. The second-order valence-electron chi connectivity index (χ2n) is 5.82. The van der Waals surface area contributed by atoms with Crippen LogP contribution >= 0.6 is 0 Å². The van der Waals surface area contributed by atoms with Gasteiger partial charge in [0.25, 0.3) is 0 Å². The van der Waals surface area contributed by atoms with Crippen LogP contribution in [0.4, 0.5) is 9.18 Å². The molecule has 1 amide bonds. The monoisotopic (exact) mass is 277 g/mol. The topological polar surface area (TPSA) is 59.0 Å². The van der Waals surface area contributed by atoms with Gasteiger partial charge in [-0.25, -0.2) is 9.18 Å². The van der Waals surface area contributed by atoms with E-state index >= 15 is 0 Å². The molecule has 0 saturated carbocycles. The molecule has 0 spiro atoms. The van der Waals surface area contributed by atoms with Crippen LogP contribution in [0.1, 0.15) is 40.5 Å². The number of nitrogens with zero attached hydrogens (tertiary/aromatic N) is 1. The number of rotatable bonds is 4. The lowest BCUT2D eigenvalue weighted by atomic mass is 10.2. The largest absolute Gasteiger partial charge is 0.444 e. The van der Waals surface area contributed by atoms with Crippen LogP contribution in [0.25, 0.3) is 0 Å². The third-order valence-electron chi connectivity index (χ3n) is 2.82. The number of aliphatic hydroxyl groups excluding tert-OH is 1. The zero-order valence-corrected chi connectivity index (χ0v) is 12.1. The average Bonchev–Trinajstić information content (AvgIpc) is 2.65. The van der Waals surface area contributed by atoms with Crippen LogP contribution < -0.4 is 0 Å². The summed E-state index contributed by atoms with van der Waals surface area (Å²) >= 11 is 0. The first kappa shape index (κ1) is 16.2. The first-order valence-corrected chi connectivity index (χ1v) is 6.66. The molecule has 1 N–H and O–H groups in total. The lowest BCUT2D eigenvalue weighted by Crippen LogP contribution is -2.42. The zero-order valence-electron chi connectivity index (χ0n) is 12.1. The fraction of sp³-hybridized carbons (Fsp3) is 0.923. The molecule has 1 saturated heterocycles. The molecule has 112 valence electrons. The van der Waals surface area contributed by atoms with E-state index in [0.29, 0.717) is 6.42 Å². The number of likely N-dealkylation sites (tertiary alicyclic amines) is 1. The highest BCUT2D eigenvalue weighted by atomic mass is 19.1. The predicted molar refractivity (Wildman–Crippen MR) is 68.5 cm³/mol. The lowest BCUT2D eigenvalue weighted by molar-refractivity contribution is -0.112. The SMILES string of the molecule is CCC(O)OC[C@@H]1C[C@H](F)CN1C(=O)OC(C)(C)C. The number of carbonyl (C=O) groups excluding carboxylic acids is 1. The molecule has 5 nitrogen and oxygen atoms in total. The van der Waals surface area contributed by atoms with Crippen molar-refractivity contribution >= 4 is 6.09 Å². The van der Waals surface area contributed by atoms with Crippen LogP contribution in [0, 0.1) is 0 Å². The molecule has 6 heteroatoms. The molecule has 0 aromatic carbocycles. The first-order valence-electron chi connectivity index (χ1n) is 6.66. The second kappa shape index (κ2) is 6.52. The molecule has 0 aromatic rings. The van der Waals surface area contributed by atoms with E-state index in [9.17, 15) is 14.3 Å². The second-order valence-corrected chi connectivity index (χ2v) is 5.82. The Morgan fingerprint density at radius 1 is 1.53 bits per heavy atom. The summed E-state index contributed by atoms with van der Waals surface area (Å²) < 4.78 is 23.9. The van der Waals surface area contributed by atoms with E-state index in [4.69, 9.17) is 9.47 Å². The van der Waals surface area contributed by atoms with E-state index in [-0.39, 0.29) is 25.6 Å². The molecule has 1 unspecified atom stereocenters. The van der Waals surface area contributed by atoms with Gasteiger partial charge in [-0.1, -0.05) is 6.92 Å². The smallest absolute Gasteiger partial charge is 0.410 e. The molecule has 3 atom stereocenters. The van der Waals surface area contributed by atoms with E-state index < -0.39 is 24.2 Å². The van der Waals surface area contributed by atoms with Crippen LogP contribution in [-0.2, 0) is 9.47 Å². The van der Waals surface area contributed by atoms with Crippen molar-refractivity contribution in [1.82, 2.24) is 4.90 Å². The van der Waals surface area contributed by atoms with Crippen LogP contribution in [0.2, 0.25) is 0 Å². The van der Waals surface area contributed by atoms with Crippen molar-refractivity contribution in [2.24, 2.45) is 0 Å².